The fraction of sp³-hybridized carbons (Fsp3) is 0. The third-order valence-electron chi connectivity index (χ3n) is 1.68. The highest BCUT2D eigenvalue weighted by molar-refractivity contribution is 9.10. The Kier molecular flexibility index (Phi) is 2.52. The molecule has 1 aromatic carbocycles. The van der Waals surface area contributed by atoms with Gasteiger partial charge in [-0.15, -0.1) is 10.2 Å². The molecule has 6 heteroatoms. The third kappa shape index (κ3) is 1.65. The molecular formula is C8H4BrClFN3. The molecule has 0 saturated carbocycles. The van der Waals surface area contributed by atoms with Gasteiger partial charge in [-0.1, -0.05) is 0 Å². The van der Waals surface area contributed by atoms with Crippen LogP contribution in [0, 0.1) is 5.82 Å². The van der Waals surface area contributed by atoms with Gasteiger partial charge in [-0.25, -0.2) is 4.39 Å². The van der Waals surface area contributed by atoms with E-state index in [1.165, 1.54) is 18.5 Å². The first kappa shape index (κ1) is 9.61. The predicted octanol–water partition coefficient (Wildman–Crippen LogP) is 2.82. The number of halogens is 3. The summed E-state index contributed by atoms with van der Waals surface area (Å²) in [5, 5.41) is 7.48. The van der Waals surface area contributed by atoms with E-state index in [0.29, 0.717) is 10.2 Å². The Morgan fingerprint density at radius 1 is 1.43 bits per heavy atom. The third-order valence-corrected chi connectivity index (χ3v) is 2.57. The van der Waals surface area contributed by atoms with E-state index in [2.05, 4.69) is 26.1 Å². The van der Waals surface area contributed by atoms with Crippen LogP contribution in [-0.2, 0) is 0 Å². The van der Waals surface area contributed by atoms with Crippen LogP contribution in [0.4, 0.5) is 4.39 Å². The molecule has 0 aliphatic rings. The number of nitrogens with zero attached hydrogens (tertiary/aromatic N) is 3. The number of benzene rings is 1. The molecule has 0 unspecified atom stereocenters. The molecule has 0 aliphatic carbocycles. The first-order chi connectivity index (χ1) is 6.68. The van der Waals surface area contributed by atoms with Crippen molar-refractivity contribution in [2.75, 3.05) is 0 Å². The van der Waals surface area contributed by atoms with Crippen molar-refractivity contribution in [1.29, 1.82) is 0 Å². The predicted molar refractivity (Wildman–Crippen MR) is 54.0 cm³/mol. The Bertz CT molecular complexity index is 471. The molecule has 0 aliphatic heterocycles. The van der Waals surface area contributed by atoms with Gasteiger partial charge in [0.05, 0.1) is 5.69 Å². The average molecular weight is 276 g/mol. The molecule has 0 radical (unpaired) electrons. The van der Waals surface area contributed by atoms with E-state index in [4.69, 9.17) is 11.6 Å². The summed E-state index contributed by atoms with van der Waals surface area (Å²) < 4.78 is 14.9. The zero-order chi connectivity index (χ0) is 10.1. The van der Waals surface area contributed by atoms with Crippen LogP contribution in [0.2, 0.25) is 5.28 Å². The van der Waals surface area contributed by atoms with Crippen LogP contribution in [-0.4, -0.2) is 14.8 Å². The van der Waals surface area contributed by atoms with Crippen molar-refractivity contribution in [3.05, 3.63) is 40.1 Å². The largest absolute Gasteiger partial charge is 0.271 e. The standard InChI is InChI=1S/C8H4BrClFN3/c9-6-3-5(11)1-2-7(6)14-4-12-13-8(14)10/h1-4H. The lowest BCUT2D eigenvalue weighted by Crippen LogP contribution is -1.94. The van der Waals surface area contributed by atoms with Gasteiger partial charge in [-0.05, 0) is 45.7 Å². The number of rotatable bonds is 1. The lowest BCUT2D eigenvalue weighted by molar-refractivity contribution is 0.626. The van der Waals surface area contributed by atoms with Gasteiger partial charge in [0, 0.05) is 4.47 Å². The fourth-order valence-electron chi connectivity index (χ4n) is 1.06. The normalized spacial score (nSPS) is 10.5. The topological polar surface area (TPSA) is 30.7 Å². The van der Waals surface area contributed by atoms with Crippen LogP contribution in [0.25, 0.3) is 5.69 Å². The Labute approximate surface area is 92.7 Å². The van der Waals surface area contributed by atoms with Crippen LogP contribution < -0.4 is 0 Å². The van der Waals surface area contributed by atoms with E-state index in [9.17, 15) is 4.39 Å². The summed E-state index contributed by atoms with van der Waals surface area (Å²) in [6, 6.07) is 4.29. The van der Waals surface area contributed by atoms with Crippen LogP contribution in [0.5, 0.6) is 0 Å². The summed E-state index contributed by atoms with van der Waals surface area (Å²) in [6.07, 6.45) is 1.46. The van der Waals surface area contributed by atoms with Crippen LogP contribution in [0.1, 0.15) is 0 Å². The van der Waals surface area contributed by atoms with Gasteiger partial charge in [0.2, 0.25) is 5.28 Å². The summed E-state index contributed by atoms with van der Waals surface area (Å²) in [5.41, 5.74) is 0.696. The second-order valence-electron chi connectivity index (χ2n) is 2.57. The Balaban J connectivity index is 2.58. The van der Waals surface area contributed by atoms with Crippen LogP contribution in [0.15, 0.2) is 29.0 Å². The molecule has 0 spiro atoms. The fourth-order valence-corrected chi connectivity index (χ4v) is 1.78. The van der Waals surface area contributed by atoms with E-state index in [0.717, 1.165) is 0 Å². The minimum atomic E-state index is -0.315. The maximum atomic E-state index is 12.8. The first-order valence-electron chi connectivity index (χ1n) is 3.69. The summed E-state index contributed by atoms with van der Waals surface area (Å²) >= 11 is 8.99. The molecule has 2 rings (SSSR count). The highest BCUT2D eigenvalue weighted by atomic mass is 79.9. The Morgan fingerprint density at radius 3 is 2.79 bits per heavy atom. The molecule has 0 saturated heterocycles. The van der Waals surface area contributed by atoms with E-state index in [1.54, 1.807) is 10.6 Å². The first-order valence-corrected chi connectivity index (χ1v) is 4.86. The molecule has 72 valence electrons. The van der Waals surface area contributed by atoms with Crippen molar-refractivity contribution < 1.29 is 4.39 Å². The van der Waals surface area contributed by atoms with Gasteiger partial charge in [0.1, 0.15) is 12.1 Å². The molecule has 1 heterocycles. The number of hydrogen-bond donors (Lipinski definition) is 0. The molecule has 0 fully saturated rings. The zero-order valence-electron chi connectivity index (χ0n) is 6.78. The summed E-state index contributed by atoms with van der Waals surface area (Å²) in [7, 11) is 0. The van der Waals surface area contributed by atoms with Gasteiger partial charge in [0.15, 0.2) is 0 Å². The maximum absolute atomic E-state index is 12.8. The van der Waals surface area contributed by atoms with E-state index in [-0.39, 0.29) is 11.1 Å². The molecule has 0 bridgehead atoms. The lowest BCUT2D eigenvalue weighted by atomic mass is 10.3. The van der Waals surface area contributed by atoms with Crippen LogP contribution in [0.3, 0.4) is 0 Å². The summed E-state index contributed by atoms with van der Waals surface area (Å²) in [5.74, 6) is -0.315. The second-order valence-corrected chi connectivity index (χ2v) is 3.76. The van der Waals surface area contributed by atoms with Gasteiger partial charge >= 0.3 is 0 Å². The Hall–Kier alpha value is -0.940. The van der Waals surface area contributed by atoms with Gasteiger partial charge in [0.25, 0.3) is 0 Å². The average Bonchev–Trinajstić information content (AvgIpc) is 2.52. The minimum absolute atomic E-state index is 0.234. The van der Waals surface area contributed by atoms with E-state index < -0.39 is 0 Å². The van der Waals surface area contributed by atoms with Crippen molar-refractivity contribution >= 4 is 27.5 Å². The van der Waals surface area contributed by atoms with Crippen LogP contribution >= 0.6 is 27.5 Å². The Morgan fingerprint density at radius 2 is 2.21 bits per heavy atom. The molecule has 0 atom stereocenters. The molecule has 0 N–H and O–H groups in total. The van der Waals surface area contributed by atoms with E-state index >= 15 is 0 Å². The maximum Gasteiger partial charge on any atom is 0.229 e. The smallest absolute Gasteiger partial charge is 0.229 e. The number of hydrogen-bond acceptors (Lipinski definition) is 2. The summed E-state index contributed by atoms with van der Waals surface area (Å²) in [6.45, 7) is 0. The van der Waals surface area contributed by atoms with Crippen molar-refractivity contribution in [1.82, 2.24) is 14.8 Å². The molecule has 1 aromatic heterocycles. The SMILES string of the molecule is Fc1ccc(-n2cnnc2Cl)c(Br)c1. The number of aromatic nitrogens is 3. The van der Waals surface area contributed by atoms with Crippen molar-refractivity contribution in [3.8, 4) is 5.69 Å². The summed E-state index contributed by atoms with van der Waals surface area (Å²) in [4.78, 5) is 0. The van der Waals surface area contributed by atoms with Gasteiger partial charge in [-0.2, -0.15) is 0 Å². The second kappa shape index (κ2) is 3.67. The quantitative estimate of drug-likeness (QED) is 0.802. The van der Waals surface area contributed by atoms with Crippen molar-refractivity contribution in [2.45, 2.75) is 0 Å². The molecular weight excluding hydrogens is 272 g/mol. The highest BCUT2D eigenvalue weighted by Crippen LogP contribution is 2.23. The molecule has 0 amide bonds. The van der Waals surface area contributed by atoms with Gasteiger partial charge in [-0.3, -0.25) is 4.57 Å². The molecule has 2 aromatic rings. The monoisotopic (exact) mass is 275 g/mol. The van der Waals surface area contributed by atoms with Gasteiger partial charge < -0.3 is 0 Å². The molecule has 3 nitrogen and oxygen atoms in total. The van der Waals surface area contributed by atoms with Crippen molar-refractivity contribution in [2.24, 2.45) is 0 Å². The van der Waals surface area contributed by atoms with E-state index in [1.807, 2.05) is 0 Å². The minimum Gasteiger partial charge on any atom is -0.271 e. The highest BCUT2D eigenvalue weighted by Gasteiger charge is 2.07. The molecule has 14 heavy (non-hydrogen) atoms. The zero-order valence-corrected chi connectivity index (χ0v) is 9.13. The lowest BCUT2D eigenvalue weighted by Gasteiger charge is -2.04. The van der Waals surface area contributed by atoms with Crippen molar-refractivity contribution in [3.63, 3.8) is 0 Å².